The molecule has 2 aromatic rings. The van der Waals surface area contributed by atoms with Crippen LogP contribution in [-0.2, 0) is 0 Å². The number of nitrogens with one attached hydrogen (secondary N) is 1. The number of aliphatic hydroxyl groups is 1. The van der Waals surface area contributed by atoms with Gasteiger partial charge in [0.1, 0.15) is 0 Å². The average Bonchev–Trinajstić information content (AvgIpc) is 2.98. The van der Waals surface area contributed by atoms with E-state index in [4.69, 9.17) is 0 Å². The first kappa shape index (κ1) is 14.6. The van der Waals surface area contributed by atoms with Crippen molar-refractivity contribution in [1.29, 1.82) is 0 Å². The first-order valence-electron chi connectivity index (χ1n) is 6.35. The number of benzene rings is 1. The number of rotatable bonds is 5. The first-order valence-corrected chi connectivity index (χ1v) is 7.23. The molecule has 0 aliphatic carbocycles. The number of hydrogen-bond acceptors (Lipinski definition) is 4. The molecule has 0 aliphatic heterocycles. The molecule has 5 heteroatoms. The Kier molecular flexibility index (Phi) is 4.76. The monoisotopic (exact) mass is 290 g/mol. The Labute approximate surface area is 122 Å². The molecule has 0 radical (unpaired) electrons. The summed E-state index contributed by atoms with van der Waals surface area (Å²) in [5.74, 6) is -0.149. The van der Waals surface area contributed by atoms with Crippen LogP contribution in [0.3, 0.4) is 0 Å². The highest BCUT2D eigenvalue weighted by Gasteiger charge is 2.11. The summed E-state index contributed by atoms with van der Waals surface area (Å²) in [6, 6.07) is 11.2. The van der Waals surface area contributed by atoms with Crippen molar-refractivity contribution >= 4 is 22.9 Å². The van der Waals surface area contributed by atoms with Crippen molar-refractivity contribution < 1.29 is 9.90 Å². The van der Waals surface area contributed by atoms with Crippen molar-refractivity contribution in [3.8, 4) is 0 Å². The highest BCUT2D eigenvalue weighted by molar-refractivity contribution is 7.12. The van der Waals surface area contributed by atoms with E-state index < -0.39 is 6.10 Å². The summed E-state index contributed by atoms with van der Waals surface area (Å²) in [5, 5.41) is 14.7. The van der Waals surface area contributed by atoms with Gasteiger partial charge in [-0.1, -0.05) is 18.2 Å². The van der Waals surface area contributed by atoms with Gasteiger partial charge in [-0.25, -0.2) is 0 Å². The summed E-state index contributed by atoms with van der Waals surface area (Å²) in [5.41, 5.74) is 1.87. The summed E-state index contributed by atoms with van der Waals surface area (Å²) in [4.78, 5) is 14.4. The van der Waals surface area contributed by atoms with E-state index in [-0.39, 0.29) is 12.5 Å². The summed E-state index contributed by atoms with van der Waals surface area (Å²) in [7, 11) is 3.93. The molecule has 0 saturated carbocycles. The molecule has 4 nitrogen and oxygen atoms in total. The van der Waals surface area contributed by atoms with E-state index in [0.29, 0.717) is 4.88 Å². The van der Waals surface area contributed by atoms with Crippen LogP contribution in [0.1, 0.15) is 21.3 Å². The lowest BCUT2D eigenvalue weighted by atomic mass is 10.1. The van der Waals surface area contributed by atoms with Crippen LogP contribution in [0, 0.1) is 0 Å². The maximum Gasteiger partial charge on any atom is 0.261 e. The van der Waals surface area contributed by atoms with Crippen molar-refractivity contribution in [3.05, 3.63) is 52.2 Å². The summed E-state index contributed by atoms with van der Waals surface area (Å²) >= 11 is 1.38. The number of aliphatic hydroxyl groups excluding tert-OH is 1. The van der Waals surface area contributed by atoms with Crippen molar-refractivity contribution in [1.82, 2.24) is 5.32 Å². The molecule has 0 bridgehead atoms. The zero-order valence-electron chi connectivity index (χ0n) is 11.5. The fraction of sp³-hybridized carbons (Fsp3) is 0.267. The predicted molar refractivity (Wildman–Crippen MR) is 82.4 cm³/mol. The molecule has 0 aliphatic rings. The van der Waals surface area contributed by atoms with Crippen LogP contribution in [0.25, 0.3) is 0 Å². The first-order chi connectivity index (χ1) is 9.58. The molecule has 2 N–H and O–H groups in total. The molecule has 0 fully saturated rings. The smallest absolute Gasteiger partial charge is 0.261 e. The molecular formula is C15H18N2O2S. The molecule has 1 atom stereocenters. The molecule has 106 valence electrons. The third-order valence-electron chi connectivity index (χ3n) is 3.00. The highest BCUT2D eigenvalue weighted by atomic mass is 32.1. The Morgan fingerprint density at radius 1 is 1.30 bits per heavy atom. The number of thiophene rings is 1. The number of carbonyl (C=O) groups is 1. The van der Waals surface area contributed by atoms with Gasteiger partial charge in [0.15, 0.2) is 0 Å². The number of nitrogens with zero attached hydrogens (tertiary/aromatic N) is 1. The van der Waals surface area contributed by atoms with Gasteiger partial charge in [-0.2, -0.15) is 0 Å². The van der Waals surface area contributed by atoms with Crippen LogP contribution in [0.2, 0.25) is 0 Å². The molecule has 0 saturated heterocycles. The third kappa shape index (κ3) is 3.59. The second kappa shape index (κ2) is 6.54. The van der Waals surface area contributed by atoms with Gasteiger partial charge in [-0.05, 0) is 29.1 Å². The number of amides is 1. The maximum absolute atomic E-state index is 11.8. The second-order valence-corrected chi connectivity index (χ2v) is 5.64. The van der Waals surface area contributed by atoms with E-state index in [0.717, 1.165) is 11.3 Å². The minimum absolute atomic E-state index is 0.149. The minimum atomic E-state index is -0.699. The van der Waals surface area contributed by atoms with Gasteiger partial charge in [-0.3, -0.25) is 4.79 Å². The molecular weight excluding hydrogens is 272 g/mol. The fourth-order valence-corrected chi connectivity index (χ4v) is 2.44. The Morgan fingerprint density at radius 3 is 2.55 bits per heavy atom. The fourth-order valence-electron chi connectivity index (χ4n) is 1.80. The lowest BCUT2D eigenvalue weighted by Crippen LogP contribution is -2.27. The van der Waals surface area contributed by atoms with Gasteiger partial charge in [0.25, 0.3) is 5.91 Å². The quantitative estimate of drug-likeness (QED) is 0.888. The van der Waals surface area contributed by atoms with Crippen molar-refractivity contribution in [2.24, 2.45) is 0 Å². The van der Waals surface area contributed by atoms with Gasteiger partial charge in [0.2, 0.25) is 0 Å². The molecule has 1 aromatic heterocycles. The van der Waals surface area contributed by atoms with Crippen molar-refractivity contribution in [3.63, 3.8) is 0 Å². The number of anilines is 1. The Balaban J connectivity index is 1.91. The summed E-state index contributed by atoms with van der Waals surface area (Å²) in [6.45, 7) is 0.206. The van der Waals surface area contributed by atoms with Gasteiger partial charge in [0.05, 0.1) is 11.0 Å². The van der Waals surface area contributed by atoms with Crippen molar-refractivity contribution in [2.45, 2.75) is 6.10 Å². The maximum atomic E-state index is 11.8. The highest BCUT2D eigenvalue weighted by Crippen LogP contribution is 2.17. The standard InChI is InChI=1S/C15H18N2O2S/c1-17(2)12-7-5-11(6-8-12)13(18)10-16-15(19)14-4-3-9-20-14/h3-9,13,18H,10H2,1-2H3,(H,16,19). The van der Waals surface area contributed by atoms with Gasteiger partial charge in [0, 0.05) is 26.3 Å². The van der Waals surface area contributed by atoms with Gasteiger partial charge >= 0.3 is 0 Å². The summed E-state index contributed by atoms with van der Waals surface area (Å²) < 4.78 is 0. The molecule has 1 amide bonds. The Hall–Kier alpha value is -1.85. The minimum Gasteiger partial charge on any atom is -0.387 e. The van der Waals surface area contributed by atoms with Crippen LogP contribution in [0.4, 0.5) is 5.69 Å². The molecule has 2 rings (SSSR count). The van der Waals surface area contributed by atoms with Crippen molar-refractivity contribution in [2.75, 3.05) is 25.5 Å². The zero-order chi connectivity index (χ0) is 14.5. The van der Waals surface area contributed by atoms with E-state index in [9.17, 15) is 9.90 Å². The Bertz CT molecular complexity index is 550. The second-order valence-electron chi connectivity index (χ2n) is 4.69. The van der Waals surface area contributed by atoms with E-state index in [1.165, 1.54) is 11.3 Å². The van der Waals surface area contributed by atoms with Gasteiger partial charge in [-0.15, -0.1) is 11.3 Å². The van der Waals surface area contributed by atoms with Crippen LogP contribution in [0.5, 0.6) is 0 Å². The van der Waals surface area contributed by atoms with E-state index in [1.807, 2.05) is 54.7 Å². The molecule has 1 heterocycles. The zero-order valence-corrected chi connectivity index (χ0v) is 12.4. The van der Waals surface area contributed by atoms with E-state index >= 15 is 0 Å². The Morgan fingerprint density at radius 2 is 2.00 bits per heavy atom. The average molecular weight is 290 g/mol. The van der Waals surface area contributed by atoms with Crippen LogP contribution >= 0.6 is 11.3 Å². The predicted octanol–water partition coefficient (Wildman–Crippen LogP) is 2.28. The topological polar surface area (TPSA) is 52.6 Å². The van der Waals surface area contributed by atoms with Crippen LogP contribution in [-0.4, -0.2) is 31.7 Å². The molecule has 0 spiro atoms. The number of carbonyl (C=O) groups excluding carboxylic acids is 1. The lowest BCUT2D eigenvalue weighted by Gasteiger charge is -2.15. The molecule has 20 heavy (non-hydrogen) atoms. The largest absolute Gasteiger partial charge is 0.387 e. The third-order valence-corrected chi connectivity index (χ3v) is 3.86. The van der Waals surface area contributed by atoms with E-state index in [2.05, 4.69) is 5.32 Å². The normalized spacial score (nSPS) is 11.9. The molecule has 1 aromatic carbocycles. The van der Waals surface area contributed by atoms with Gasteiger partial charge < -0.3 is 15.3 Å². The molecule has 1 unspecified atom stereocenters. The lowest BCUT2D eigenvalue weighted by molar-refractivity contribution is 0.0920. The number of hydrogen-bond donors (Lipinski definition) is 2. The summed E-state index contributed by atoms with van der Waals surface area (Å²) in [6.07, 6.45) is -0.699. The van der Waals surface area contributed by atoms with E-state index in [1.54, 1.807) is 6.07 Å². The SMILES string of the molecule is CN(C)c1ccc(C(O)CNC(=O)c2cccs2)cc1. The van der Waals surface area contributed by atoms with Crippen LogP contribution in [0.15, 0.2) is 41.8 Å². The van der Waals surface area contributed by atoms with Crippen LogP contribution < -0.4 is 10.2 Å².